The maximum atomic E-state index is 12.6. The SMILES string of the molecule is COc1ccc(S(C)(=O)=O)cc1NC(=O)NCC1CCN(C(=O)OC(C(F)(F)F)C(F)(F)F)CC1. The van der Waals surface area contributed by atoms with Crippen LogP contribution in [0.15, 0.2) is 23.1 Å². The molecule has 0 spiro atoms. The molecule has 0 aromatic heterocycles. The van der Waals surface area contributed by atoms with Crippen LogP contribution in [0.5, 0.6) is 5.75 Å². The number of sulfone groups is 1. The molecule has 9 nitrogen and oxygen atoms in total. The molecule has 0 atom stereocenters. The van der Waals surface area contributed by atoms with Crippen molar-refractivity contribution in [3.8, 4) is 5.75 Å². The highest BCUT2D eigenvalue weighted by Crippen LogP contribution is 2.36. The predicted molar refractivity (Wildman–Crippen MR) is 110 cm³/mol. The van der Waals surface area contributed by atoms with Gasteiger partial charge in [0, 0.05) is 25.9 Å². The Kier molecular flexibility index (Phi) is 8.73. The zero-order valence-electron chi connectivity index (χ0n) is 18.5. The summed E-state index contributed by atoms with van der Waals surface area (Å²) in [5.74, 6) is -0.0227. The van der Waals surface area contributed by atoms with Crippen LogP contribution in [0.1, 0.15) is 12.8 Å². The Hall–Kier alpha value is -2.91. The smallest absolute Gasteiger partial charge is 0.434 e. The van der Waals surface area contributed by atoms with Crippen LogP contribution < -0.4 is 15.4 Å². The van der Waals surface area contributed by atoms with Gasteiger partial charge in [0.15, 0.2) is 9.84 Å². The van der Waals surface area contributed by atoms with Gasteiger partial charge in [-0.15, -0.1) is 0 Å². The third kappa shape index (κ3) is 8.07. The molecule has 0 bridgehead atoms. The summed E-state index contributed by atoms with van der Waals surface area (Å²) in [5, 5.41) is 4.99. The minimum atomic E-state index is -5.80. The Morgan fingerprint density at radius 2 is 1.69 bits per heavy atom. The second-order valence-corrected chi connectivity index (χ2v) is 9.76. The van der Waals surface area contributed by atoms with Gasteiger partial charge in [0.2, 0.25) is 0 Å². The number of amides is 3. The first-order valence-electron chi connectivity index (χ1n) is 10.0. The largest absolute Gasteiger partial charge is 0.495 e. The second-order valence-electron chi connectivity index (χ2n) is 7.75. The number of anilines is 1. The van der Waals surface area contributed by atoms with Gasteiger partial charge < -0.3 is 25.0 Å². The van der Waals surface area contributed by atoms with Gasteiger partial charge >= 0.3 is 24.5 Å². The number of hydrogen-bond donors (Lipinski definition) is 2. The van der Waals surface area contributed by atoms with Crippen LogP contribution in [0.25, 0.3) is 0 Å². The fraction of sp³-hybridized carbons (Fsp3) is 0.579. The fourth-order valence-electron chi connectivity index (χ4n) is 3.23. The average molecular weight is 535 g/mol. The van der Waals surface area contributed by atoms with E-state index < -0.39 is 40.4 Å². The van der Waals surface area contributed by atoms with Crippen LogP contribution in [0.4, 0.5) is 41.6 Å². The molecule has 1 aromatic carbocycles. The maximum absolute atomic E-state index is 12.6. The van der Waals surface area contributed by atoms with Crippen molar-refractivity contribution < 1.29 is 53.8 Å². The monoisotopic (exact) mass is 535 g/mol. The van der Waals surface area contributed by atoms with Crippen molar-refractivity contribution in [2.24, 2.45) is 5.92 Å². The van der Waals surface area contributed by atoms with Crippen molar-refractivity contribution in [1.82, 2.24) is 10.2 Å². The summed E-state index contributed by atoms with van der Waals surface area (Å²) in [4.78, 5) is 24.7. The van der Waals surface area contributed by atoms with E-state index in [1.54, 1.807) is 0 Å². The van der Waals surface area contributed by atoms with Gasteiger partial charge in [-0.1, -0.05) is 0 Å². The van der Waals surface area contributed by atoms with Crippen molar-refractivity contribution in [1.29, 1.82) is 0 Å². The molecule has 198 valence electrons. The average Bonchev–Trinajstić information content (AvgIpc) is 2.74. The highest BCUT2D eigenvalue weighted by Gasteiger charge is 2.60. The molecule has 2 N–H and O–H groups in total. The molecule has 1 aliphatic heterocycles. The fourth-order valence-corrected chi connectivity index (χ4v) is 3.88. The topological polar surface area (TPSA) is 114 Å². The number of hydrogen-bond acceptors (Lipinski definition) is 6. The summed E-state index contributed by atoms with van der Waals surface area (Å²) < 4.78 is 108. The van der Waals surface area contributed by atoms with Gasteiger partial charge in [-0.05, 0) is 37.0 Å². The number of ether oxygens (including phenoxy) is 2. The predicted octanol–water partition coefficient (Wildman–Crippen LogP) is 3.56. The highest BCUT2D eigenvalue weighted by atomic mass is 32.2. The van der Waals surface area contributed by atoms with Crippen molar-refractivity contribution in [2.75, 3.05) is 38.3 Å². The molecule has 3 amide bonds. The number of alkyl halides is 6. The highest BCUT2D eigenvalue weighted by molar-refractivity contribution is 7.90. The molecule has 16 heteroatoms. The molecule has 1 fully saturated rings. The minimum Gasteiger partial charge on any atom is -0.495 e. The Morgan fingerprint density at radius 3 is 2.17 bits per heavy atom. The molecule has 35 heavy (non-hydrogen) atoms. The second kappa shape index (κ2) is 10.8. The Labute approximate surface area is 196 Å². The first kappa shape index (κ1) is 28.3. The number of nitrogens with one attached hydrogen (secondary N) is 2. The molecule has 1 aromatic rings. The number of rotatable bonds is 6. The number of benzene rings is 1. The molecule has 0 saturated carbocycles. The first-order valence-corrected chi connectivity index (χ1v) is 11.9. The number of piperidine rings is 1. The maximum Gasteiger partial charge on any atom is 0.434 e. The molecule has 1 heterocycles. The number of nitrogens with zero attached hydrogens (tertiary/aromatic N) is 1. The molecular weight excluding hydrogens is 512 g/mol. The Balaban J connectivity index is 1.88. The molecule has 1 aliphatic rings. The molecule has 0 aliphatic carbocycles. The van der Waals surface area contributed by atoms with Crippen molar-refractivity contribution in [3.05, 3.63) is 18.2 Å². The Bertz CT molecular complexity index is 1010. The lowest BCUT2D eigenvalue weighted by Crippen LogP contribution is -2.49. The third-order valence-corrected chi connectivity index (χ3v) is 6.19. The van der Waals surface area contributed by atoms with Gasteiger partial charge in [0.05, 0.1) is 17.7 Å². The Morgan fingerprint density at radius 1 is 1.11 bits per heavy atom. The van der Waals surface area contributed by atoms with E-state index in [1.165, 1.54) is 25.3 Å². The lowest BCUT2D eigenvalue weighted by atomic mass is 9.97. The van der Waals surface area contributed by atoms with Crippen molar-refractivity contribution in [3.63, 3.8) is 0 Å². The van der Waals surface area contributed by atoms with Crippen molar-refractivity contribution >= 4 is 27.6 Å². The summed E-state index contributed by atoms with van der Waals surface area (Å²) in [6, 6.07) is 3.19. The quantitative estimate of drug-likeness (QED) is 0.539. The lowest BCUT2D eigenvalue weighted by Gasteiger charge is -2.33. The standard InChI is InChI=1S/C19H23F6N3O6S/c1-33-14-4-3-12(35(2,31)32)9-13(14)27-16(29)26-10-11-5-7-28(8-6-11)17(30)34-15(18(20,21)22)19(23,24)25/h3-4,9,11,15H,5-8,10H2,1-2H3,(H2,26,27,29). The number of methoxy groups -OCH3 is 1. The zero-order valence-corrected chi connectivity index (χ0v) is 19.3. The van der Waals surface area contributed by atoms with Crippen LogP contribution in [-0.2, 0) is 14.6 Å². The summed E-state index contributed by atoms with van der Waals surface area (Å²) in [6.07, 6.45) is -16.2. The normalized spacial score (nSPS) is 15.6. The van der Waals surface area contributed by atoms with E-state index in [9.17, 15) is 44.3 Å². The van der Waals surface area contributed by atoms with Gasteiger partial charge in [-0.2, -0.15) is 26.3 Å². The number of carbonyl (C=O) groups is 2. The summed E-state index contributed by atoms with van der Waals surface area (Å²) >= 11 is 0. The van der Waals surface area contributed by atoms with E-state index in [-0.39, 0.29) is 54.7 Å². The summed E-state index contributed by atoms with van der Waals surface area (Å²) in [6.45, 7) is -0.255. The van der Waals surface area contributed by atoms with E-state index in [0.29, 0.717) is 0 Å². The number of urea groups is 1. The number of halogens is 6. The summed E-state index contributed by atoms with van der Waals surface area (Å²) in [5.41, 5.74) is 0.0920. The van der Waals surface area contributed by atoms with Crippen LogP contribution in [-0.4, -0.2) is 76.9 Å². The molecule has 2 rings (SSSR count). The van der Waals surface area contributed by atoms with E-state index in [0.717, 1.165) is 11.2 Å². The minimum absolute atomic E-state index is 0.0499. The summed E-state index contributed by atoms with van der Waals surface area (Å²) in [7, 11) is -2.22. The molecule has 0 unspecified atom stereocenters. The van der Waals surface area contributed by atoms with Gasteiger partial charge in [-0.25, -0.2) is 18.0 Å². The van der Waals surface area contributed by atoms with Crippen molar-refractivity contribution in [2.45, 2.75) is 36.2 Å². The van der Waals surface area contributed by atoms with Crippen LogP contribution in [0.2, 0.25) is 0 Å². The lowest BCUT2D eigenvalue weighted by molar-refractivity contribution is -0.308. The molecule has 1 saturated heterocycles. The van der Waals surface area contributed by atoms with Gasteiger partial charge in [0.25, 0.3) is 6.10 Å². The molecule has 0 radical (unpaired) electrons. The van der Waals surface area contributed by atoms with Gasteiger partial charge in [-0.3, -0.25) is 0 Å². The van der Waals surface area contributed by atoms with E-state index in [1.807, 2.05) is 0 Å². The number of likely N-dealkylation sites (tertiary alicyclic amines) is 1. The van der Waals surface area contributed by atoms with Crippen LogP contribution in [0, 0.1) is 5.92 Å². The van der Waals surface area contributed by atoms with E-state index in [2.05, 4.69) is 15.4 Å². The van der Waals surface area contributed by atoms with Gasteiger partial charge in [0.1, 0.15) is 5.75 Å². The van der Waals surface area contributed by atoms with Crippen LogP contribution >= 0.6 is 0 Å². The number of carbonyl (C=O) groups excluding carboxylic acids is 2. The molecular formula is C19H23F6N3O6S. The van der Waals surface area contributed by atoms with E-state index in [4.69, 9.17) is 4.74 Å². The van der Waals surface area contributed by atoms with Crippen LogP contribution in [0.3, 0.4) is 0 Å². The van der Waals surface area contributed by atoms with E-state index >= 15 is 0 Å². The third-order valence-electron chi connectivity index (χ3n) is 5.08. The first-order chi connectivity index (χ1) is 16.0. The zero-order chi connectivity index (χ0) is 26.6.